The fraction of sp³-hybridized carbons (Fsp3) is 0.625. The molecule has 1 aromatic carbocycles. The number of aliphatic hydroxyl groups excluding tert-OH is 1. The van der Waals surface area contributed by atoms with E-state index in [2.05, 4.69) is 5.32 Å². The van der Waals surface area contributed by atoms with Gasteiger partial charge in [-0.25, -0.2) is 0 Å². The molecule has 1 atom stereocenters. The van der Waals surface area contributed by atoms with Crippen LogP contribution in [0, 0.1) is 5.92 Å². The number of hydrogen-bond acceptors (Lipinski definition) is 4. The van der Waals surface area contributed by atoms with Crippen LogP contribution >= 0.6 is 0 Å². The molecule has 1 unspecified atom stereocenters. The van der Waals surface area contributed by atoms with Gasteiger partial charge in [0.2, 0.25) is 0 Å². The lowest BCUT2D eigenvalue weighted by atomic mass is 9.83. The number of ether oxygens (including phenoxy) is 2. The van der Waals surface area contributed by atoms with Gasteiger partial charge in [0, 0.05) is 6.54 Å². The maximum absolute atomic E-state index is 10.2. The Hall–Kier alpha value is -1.26. The third-order valence-corrected chi connectivity index (χ3v) is 4.24. The molecule has 3 rings (SSSR count). The van der Waals surface area contributed by atoms with Gasteiger partial charge < -0.3 is 19.9 Å². The molecule has 1 heterocycles. The summed E-state index contributed by atoms with van der Waals surface area (Å²) >= 11 is 0. The first-order chi connectivity index (χ1) is 9.83. The van der Waals surface area contributed by atoms with Crippen LogP contribution in [-0.4, -0.2) is 31.4 Å². The highest BCUT2D eigenvalue weighted by Gasteiger charge is 2.17. The molecule has 2 N–H and O–H groups in total. The second kappa shape index (κ2) is 6.46. The standard InChI is InChI=1S/C16H23NO3/c18-14(11-17-7-6-12-2-1-3-12)13-4-5-15-16(10-13)20-9-8-19-15/h4-5,10,12,14,17-18H,1-3,6-9,11H2. The van der Waals surface area contributed by atoms with Crippen LogP contribution in [0.2, 0.25) is 0 Å². The predicted molar refractivity (Wildman–Crippen MR) is 77.2 cm³/mol. The van der Waals surface area contributed by atoms with E-state index < -0.39 is 6.10 Å². The zero-order valence-electron chi connectivity index (χ0n) is 11.8. The van der Waals surface area contributed by atoms with Crippen LogP contribution in [0.5, 0.6) is 11.5 Å². The molecule has 4 nitrogen and oxygen atoms in total. The summed E-state index contributed by atoms with van der Waals surface area (Å²) in [5, 5.41) is 13.5. The second-order valence-corrected chi connectivity index (χ2v) is 5.71. The molecular formula is C16H23NO3. The van der Waals surface area contributed by atoms with E-state index in [1.54, 1.807) is 0 Å². The fourth-order valence-corrected chi connectivity index (χ4v) is 2.71. The van der Waals surface area contributed by atoms with Crippen LogP contribution in [0.1, 0.15) is 37.4 Å². The van der Waals surface area contributed by atoms with E-state index in [1.807, 2.05) is 18.2 Å². The first-order valence-corrected chi connectivity index (χ1v) is 7.61. The quantitative estimate of drug-likeness (QED) is 0.783. The van der Waals surface area contributed by atoms with E-state index in [0.29, 0.717) is 19.8 Å². The number of fused-ring (bicyclic) bond motifs is 1. The number of rotatable bonds is 6. The molecule has 0 aromatic heterocycles. The maximum atomic E-state index is 10.2. The van der Waals surface area contributed by atoms with E-state index in [9.17, 15) is 5.11 Å². The van der Waals surface area contributed by atoms with Crippen LogP contribution in [0.4, 0.5) is 0 Å². The van der Waals surface area contributed by atoms with E-state index in [1.165, 1.54) is 25.7 Å². The number of aliphatic hydroxyl groups is 1. The van der Waals surface area contributed by atoms with Gasteiger partial charge in [0.25, 0.3) is 0 Å². The molecule has 0 amide bonds. The monoisotopic (exact) mass is 277 g/mol. The van der Waals surface area contributed by atoms with Crippen molar-refractivity contribution in [1.29, 1.82) is 0 Å². The predicted octanol–water partition coefficient (Wildman–Crippen LogP) is 2.27. The zero-order chi connectivity index (χ0) is 13.8. The summed E-state index contributed by atoms with van der Waals surface area (Å²) in [5.74, 6) is 2.42. The molecule has 0 saturated heterocycles. The Balaban J connectivity index is 1.47. The molecule has 4 heteroatoms. The molecule has 1 aromatic rings. The summed E-state index contributed by atoms with van der Waals surface area (Å²) in [4.78, 5) is 0. The summed E-state index contributed by atoms with van der Waals surface area (Å²) in [6.07, 6.45) is 4.89. The lowest BCUT2D eigenvalue weighted by Gasteiger charge is -2.25. The largest absolute Gasteiger partial charge is 0.486 e. The first kappa shape index (κ1) is 13.7. The molecule has 20 heavy (non-hydrogen) atoms. The van der Waals surface area contributed by atoms with Crippen molar-refractivity contribution in [2.45, 2.75) is 31.8 Å². The Morgan fingerprint density at radius 1 is 1.20 bits per heavy atom. The van der Waals surface area contributed by atoms with E-state index in [0.717, 1.165) is 29.5 Å². The van der Waals surface area contributed by atoms with Crippen molar-refractivity contribution in [3.63, 3.8) is 0 Å². The Morgan fingerprint density at radius 2 is 2.00 bits per heavy atom. The topological polar surface area (TPSA) is 50.7 Å². The molecule has 1 saturated carbocycles. The van der Waals surface area contributed by atoms with Gasteiger partial charge in [-0.2, -0.15) is 0 Å². The summed E-state index contributed by atoms with van der Waals surface area (Å²) in [6, 6.07) is 5.67. The van der Waals surface area contributed by atoms with Crippen molar-refractivity contribution in [2.24, 2.45) is 5.92 Å². The van der Waals surface area contributed by atoms with Gasteiger partial charge in [0.05, 0.1) is 6.10 Å². The third kappa shape index (κ3) is 3.25. The van der Waals surface area contributed by atoms with Gasteiger partial charge >= 0.3 is 0 Å². The average Bonchev–Trinajstić information content (AvgIpc) is 2.44. The Bertz CT molecular complexity index is 445. The van der Waals surface area contributed by atoms with Gasteiger partial charge in [-0.15, -0.1) is 0 Å². The van der Waals surface area contributed by atoms with Gasteiger partial charge in [-0.05, 0) is 36.6 Å². The number of hydrogen-bond donors (Lipinski definition) is 2. The SMILES string of the molecule is OC(CNCCC1CCC1)c1ccc2c(c1)OCCO2. The molecule has 1 aliphatic carbocycles. The second-order valence-electron chi connectivity index (χ2n) is 5.71. The van der Waals surface area contributed by atoms with E-state index >= 15 is 0 Å². The van der Waals surface area contributed by atoms with E-state index in [-0.39, 0.29) is 0 Å². The smallest absolute Gasteiger partial charge is 0.161 e. The first-order valence-electron chi connectivity index (χ1n) is 7.61. The lowest BCUT2D eigenvalue weighted by molar-refractivity contribution is 0.162. The van der Waals surface area contributed by atoms with Gasteiger partial charge in [0.1, 0.15) is 13.2 Å². The lowest BCUT2D eigenvalue weighted by Crippen LogP contribution is -2.25. The molecule has 0 spiro atoms. The molecule has 2 aliphatic rings. The van der Waals surface area contributed by atoms with Crippen molar-refractivity contribution < 1.29 is 14.6 Å². The highest BCUT2D eigenvalue weighted by Crippen LogP contribution is 2.32. The van der Waals surface area contributed by atoms with Crippen molar-refractivity contribution in [3.8, 4) is 11.5 Å². The third-order valence-electron chi connectivity index (χ3n) is 4.24. The summed E-state index contributed by atoms with van der Waals surface area (Å²) < 4.78 is 11.0. The highest BCUT2D eigenvalue weighted by atomic mass is 16.6. The molecule has 1 fully saturated rings. The minimum absolute atomic E-state index is 0.493. The number of nitrogens with one attached hydrogen (secondary N) is 1. The minimum atomic E-state index is -0.493. The highest BCUT2D eigenvalue weighted by molar-refractivity contribution is 5.44. The van der Waals surface area contributed by atoms with Crippen LogP contribution in [0.25, 0.3) is 0 Å². The molecule has 0 bridgehead atoms. The van der Waals surface area contributed by atoms with Gasteiger partial charge in [0.15, 0.2) is 11.5 Å². The maximum Gasteiger partial charge on any atom is 0.161 e. The summed E-state index contributed by atoms with van der Waals surface area (Å²) in [5.41, 5.74) is 0.880. The van der Waals surface area contributed by atoms with Gasteiger partial charge in [-0.1, -0.05) is 25.3 Å². The molecule has 0 radical (unpaired) electrons. The fourth-order valence-electron chi connectivity index (χ4n) is 2.71. The van der Waals surface area contributed by atoms with Gasteiger partial charge in [-0.3, -0.25) is 0 Å². The van der Waals surface area contributed by atoms with Crippen molar-refractivity contribution in [1.82, 2.24) is 5.32 Å². The van der Waals surface area contributed by atoms with Crippen molar-refractivity contribution in [2.75, 3.05) is 26.3 Å². The van der Waals surface area contributed by atoms with Crippen LogP contribution < -0.4 is 14.8 Å². The molecule has 110 valence electrons. The Labute approximate surface area is 120 Å². The summed E-state index contributed by atoms with van der Waals surface area (Å²) in [6.45, 7) is 2.75. The van der Waals surface area contributed by atoms with Crippen LogP contribution in [-0.2, 0) is 0 Å². The Morgan fingerprint density at radius 3 is 2.75 bits per heavy atom. The van der Waals surface area contributed by atoms with Crippen molar-refractivity contribution >= 4 is 0 Å². The number of benzene rings is 1. The molecule has 1 aliphatic heterocycles. The summed E-state index contributed by atoms with van der Waals surface area (Å²) in [7, 11) is 0. The van der Waals surface area contributed by atoms with Crippen LogP contribution in [0.15, 0.2) is 18.2 Å². The Kier molecular flexibility index (Phi) is 4.43. The minimum Gasteiger partial charge on any atom is -0.486 e. The molecular weight excluding hydrogens is 254 g/mol. The normalized spacial score (nSPS) is 19.4. The van der Waals surface area contributed by atoms with Crippen LogP contribution in [0.3, 0.4) is 0 Å². The average molecular weight is 277 g/mol. The van der Waals surface area contributed by atoms with Crippen molar-refractivity contribution in [3.05, 3.63) is 23.8 Å². The van der Waals surface area contributed by atoms with E-state index in [4.69, 9.17) is 9.47 Å². The zero-order valence-corrected chi connectivity index (χ0v) is 11.8.